The minimum Gasteiger partial charge on any atom is -0.461 e. The molecule has 4 atom stereocenters. The lowest BCUT2D eigenvalue weighted by molar-refractivity contribution is -0.146. The van der Waals surface area contributed by atoms with Crippen molar-refractivity contribution in [2.24, 2.45) is 28.9 Å². The first kappa shape index (κ1) is 43.7. The Kier molecular flexibility index (Phi) is 21.4. The molecule has 0 aliphatic heterocycles. The maximum absolute atomic E-state index is 13.0. The Morgan fingerprint density at radius 1 is 0.596 bits per heavy atom. The fraction of sp³-hybridized carbons (Fsp3) is 0.526. The van der Waals surface area contributed by atoms with Crippen LogP contribution in [0.15, 0.2) is 60.7 Å². The summed E-state index contributed by atoms with van der Waals surface area (Å²) in [6.45, 7) is 0.479. The molecule has 0 unspecified atom stereocenters. The Morgan fingerprint density at radius 3 is 1.67 bits per heavy atom. The van der Waals surface area contributed by atoms with Crippen LogP contribution >= 0.6 is 0 Å². The summed E-state index contributed by atoms with van der Waals surface area (Å²) >= 11 is 0. The highest BCUT2D eigenvalue weighted by Gasteiger charge is 2.26. The zero-order chi connectivity index (χ0) is 38.1. The minimum atomic E-state index is -0.971. The van der Waals surface area contributed by atoms with Gasteiger partial charge in [-0.05, 0) is 36.8 Å². The van der Waals surface area contributed by atoms with Gasteiger partial charge in [0.25, 0.3) is 0 Å². The molecule has 10 N–H and O–H groups in total. The Morgan fingerprint density at radius 2 is 1.12 bits per heavy atom. The largest absolute Gasteiger partial charge is 0.461 e. The van der Waals surface area contributed by atoms with E-state index < -0.39 is 41.9 Å². The summed E-state index contributed by atoms with van der Waals surface area (Å²) in [7, 11) is 0. The second kappa shape index (κ2) is 25.5. The molecule has 2 aromatic carbocycles. The van der Waals surface area contributed by atoms with Gasteiger partial charge in [0.15, 0.2) is 11.6 Å². The molecule has 0 fully saturated rings. The maximum Gasteiger partial charge on any atom is 0.306 e. The summed E-state index contributed by atoms with van der Waals surface area (Å²) < 4.78 is 10.6. The minimum absolute atomic E-state index is 0.0303. The number of nitrogens with one attached hydrogen (secondary N) is 2. The third-order valence-corrected chi connectivity index (χ3v) is 8.50. The first-order chi connectivity index (χ1) is 25.0. The second-order valence-corrected chi connectivity index (χ2v) is 12.8. The number of esters is 2. The van der Waals surface area contributed by atoms with E-state index in [-0.39, 0.29) is 82.3 Å². The Hall–Kier alpha value is -4.50. The topological polar surface area (TPSA) is 249 Å². The van der Waals surface area contributed by atoms with Gasteiger partial charge < -0.3 is 43.0 Å². The van der Waals surface area contributed by atoms with Crippen molar-refractivity contribution in [3.63, 3.8) is 0 Å². The highest BCUT2D eigenvalue weighted by molar-refractivity contribution is 5.91. The summed E-state index contributed by atoms with van der Waals surface area (Å²) in [6.07, 6.45) is 3.75. The summed E-state index contributed by atoms with van der Waals surface area (Å²) in [5.74, 6) is -3.16. The molecule has 0 aliphatic rings. The van der Waals surface area contributed by atoms with Crippen LogP contribution in [0.25, 0.3) is 0 Å². The van der Waals surface area contributed by atoms with Gasteiger partial charge in [-0.3, -0.25) is 28.8 Å². The van der Waals surface area contributed by atoms with Crippen molar-refractivity contribution in [2.45, 2.75) is 102 Å². The van der Waals surface area contributed by atoms with Crippen LogP contribution in [0, 0.1) is 5.92 Å². The van der Waals surface area contributed by atoms with Crippen molar-refractivity contribution in [3.05, 3.63) is 71.8 Å². The lowest BCUT2D eigenvalue weighted by Gasteiger charge is -2.19. The predicted molar refractivity (Wildman–Crippen MR) is 196 cm³/mol. The van der Waals surface area contributed by atoms with Crippen LogP contribution in [-0.2, 0) is 51.5 Å². The van der Waals surface area contributed by atoms with E-state index in [0.717, 1.165) is 30.4 Å². The average Bonchev–Trinajstić information content (AvgIpc) is 3.16. The highest BCUT2D eigenvalue weighted by Crippen LogP contribution is 2.16. The van der Waals surface area contributed by atoms with Gasteiger partial charge in [-0.1, -0.05) is 79.9 Å². The van der Waals surface area contributed by atoms with Crippen LogP contribution in [0.1, 0.15) is 81.8 Å². The van der Waals surface area contributed by atoms with E-state index >= 15 is 0 Å². The fourth-order valence-electron chi connectivity index (χ4n) is 5.21. The van der Waals surface area contributed by atoms with E-state index in [9.17, 15) is 28.8 Å². The van der Waals surface area contributed by atoms with Gasteiger partial charge in [0.1, 0.15) is 13.2 Å². The molecule has 0 bridgehead atoms. The zero-order valence-corrected chi connectivity index (χ0v) is 30.0. The van der Waals surface area contributed by atoms with Crippen molar-refractivity contribution >= 4 is 35.3 Å². The molecule has 0 saturated heterocycles. The molecule has 0 radical (unpaired) electrons. The van der Waals surface area contributed by atoms with Crippen molar-refractivity contribution < 1.29 is 38.2 Å². The summed E-state index contributed by atoms with van der Waals surface area (Å²) in [5, 5.41) is 5.49. The quantitative estimate of drug-likeness (QED) is 0.0569. The van der Waals surface area contributed by atoms with Crippen LogP contribution in [0.3, 0.4) is 0 Å². The number of amides is 2. The van der Waals surface area contributed by atoms with Crippen LogP contribution < -0.4 is 33.6 Å². The van der Waals surface area contributed by atoms with Crippen LogP contribution in [0.4, 0.5) is 0 Å². The molecule has 0 saturated carbocycles. The number of unbranched alkanes of at least 4 members (excludes halogenated alkanes) is 4. The lowest BCUT2D eigenvalue weighted by atomic mass is 9.93. The number of Topliss-reactive ketones (excluding diaryl/α,β-unsaturated/α-hetero) is 2. The summed E-state index contributed by atoms with van der Waals surface area (Å²) in [6, 6.07) is 15.7. The molecule has 0 heterocycles. The van der Waals surface area contributed by atoms with Gasteiger partial charge in [0.05, 0.1) is 18.1 Å². The van der Waals surface area contributed by atoms with Crippen molar-refractivity contribution in [2.75, 3.05) is 19.6 Å². The van der Waals surface area contributed by atoms with Gasteiger partial charge >= 0.3 is 11.9 Å². The normalized spacial score (nSPS) is 13.2. The number of hydrogen-bond acceptors (Lipinski definition) is 12. The van der Waals surface area contributed by atoms with Crippen LogP contribution in [-0.4, -0.2) is 73.1 Å². The third-order valence-electron chi connectivity index (χ3n) is 8.50. The molecule has 0 aliphatic carbocycles. The van der Waals surface area contributed by atoms with Crippen molar-refractivity contribution in [1.29, 1.82) is 0 Å². The first-order valence-electron chi connectivity index (χ1n) is 18.0. The molecule has 0 aromatic heterocycles. The number of hydrogen-bond donors (Lipinski definition) is 6. The Balaban J connectivity index is 1.74. The first-order valence-corrected chi connectivity index (χ1v) is 18.0. The predicted octanol–water partition coefficient (Wildman–Crippen LogP) is 1.69. The lowest BCUT2D eigenvalue weighted by Crippen LogP contribution is -2.51. The monoisotopic (exact) mass is 724 g/mol. The van der Waals surface area contributed by atoms with Crippen LogP contribution in [0.2, 0.25) is 0 Å². The van der Waals surface area contributed by atoms with E-state index in [1.165, 1.54) is 0 Å². The smallest absolute Gasteiger partial charge is 0.306 e. The molecule has 2 rings (SSSR count). The van der Waals surface area contributed by atoms with E-state index in [0.29, 0.717) is 19.4 Å². The van der Waals surface area contributed by atoms with Gasteiger partial charge in [-0.25, -0.2) is 0 Å². The molecular weight excluding hydrogens is 668 g/mol. The molecular formula is C38H56N6O8. The number of benzene rings is 2. The average molecular weight is 725 g/mol. The second-order valence-electron chi connectivity index (χ2n) is 12.8. The molecule has 0 spiro atoms. The number of nitrogens with two attached hydrogens (primary N) is 4. The van der Waals surface area contributed by atoms with E-state index in [1.807, 2.05) is 60.7 Å². The molecule has 2 amide bonds. The zero-order valence-electron chi connectivity index (χ0n) is 30.0. The highest BCUT2D eigenvalue weighted by atomic mass is 16.5. The molecule has 2 aromatic rings. The maximum atomic E-state index is 13.0. The number of ketones is 2. The van der Waals surface area contributed by atoms with Crippen LogP contribution in [0.5, 0.6) is 0 Å². The number of rotatable bonds is 27. The number of carbonyl (C=O) groups excluding carboxylic acids is 6. The molecule has 14 heteroatoms. The van der Waals surface area contributed by atoms with Gasteiger partial charge in [0.2, 0.25) is 11.8 Å². The van der Waals surface area contributed by atoms with Crippen molar-refractivity contribution in [1.82, 2.24) is 10.6 Å². The Bertz CT molecular complexity index is 1290. The molecule has 14 nitrogen and oxygen atoms in total. The van der Waals surface area contributed by atoms with E-state index in [1.54, 1.807) is 0 Å². The SMILES string of the molecule is NC[C@H](N)C(=O)C[C@@H](CCC(=O)OCc1ccccc1)C(=O)NCCCCCCCC(=O)[C@H](CCC(=O)OCc1ccccc1)NC(=O)[C@@H](N)CN. The summed E-state index contributed by atoms with van der Waals surface area (Å²) in [4.78, 5) is 75.6. The fourth-order valence-corrected chi connectivity index (χ4v) is 5.21. The van der Waals surface area contributed by atoms with Gasteiger partial charge in [-0.15, -0.1) is 0 Å². The van der Waals surface area contributed by atoms with E-state index in [4.69, 9.17) is 32.4 Å². The summed E-state index contributed by atoms with van der Waals surface area (Å²) in [5.41, 5.74) is 24.2. The van der Waals surface area contributed by atoms with E-state index in [2.05, 4.69) is 10.6 Å². The third kappa shape index (κ3) is 18.1. The number of ether oxygens (including phenoxy) is 2. The van der Waals surface area contributed by atoms with Crippen molar-refractivity contribution in [3.8, 4) is 0 Å². The van der Waals surface area contributed by atoms with Gasteiger partial charge in [-0.2, -0.15) is 0 Å². The standard InChI is InChI=1S/C38H56N6O8/c39-23-30(41)34(46)22-29(17-19-35(47)51-25-27-12-6-4-7-13-27)37(49)43-21-11-3-1-2-10-16-33(45)32(44-38(50)31(42)24-40)18-20-36(48)52-26-28-14-8-5-9-15-28/h4-9,12-15,29-32H,1-3,10-11,16-26,39-42H2,(H,43,49)(H,44,50)/t29-,30+,31+,32+/m1/s1. The van der Waals surface area contributed by atoms with Gasteiger partial charge in [0, 0.05) is 51.2 Å². The molecule has 52 heavy (non-hydrogen) atoms. The Labute approximate surface area is 306 Å². The number of carbonyl (C=O) groups is 6. The molecule has 286 valence electrons.